The molecule has 2 aromatic carbocycles. The molecule has 0 unspecified atom stereocenters. The minimum absolute atomic E-state index is 0.243. The van der Waals surface area contributed by atoms with Crippen molar-refractivity contribution in [1.82, 2.24) is 14.8 Å². The highest BCUT2D eigenvalue weighted by atomic mass is 35.5. The molecule has 0 aliphatic carbocycles. The summed E-state index contributed by atoms with van der Waals surface area (Å²) < 4.78 is 12.6. The van der Waals surface area contributed by atoms with Gasteiger partial charge in [-0.15, -0.1) is 11.3 Å². The van der Waals surface area contributed by atoms with Gasteiger partial charge < -0.3 is 14.8 Å². The third kappa shape index (κ3) is 4.46. The number of nitrogens with one attached hydrogen (secondary N) is 1. The number of aromatic nitrogens is 3. The minimum atomic E-state index is -0.243. The average molecular weight is 469 g/mol. The maximum absolute atomic E-state index is 13.0. The lowest BCUT2D eigenvalue weighted by Crippen LogP contribution is -2.16. The molecular formula is C23H21ClN4O3S. The second kappa shape index (κ2) is 9.42. The highest BCUT2D eigenvalue weighted by Gasteiger charge is 2.19. The largest absolute Gasteiger partial charge is 0.493 e. The summed E-state index contributed by atoms with van der Waals surface area (Å²) in [5.74, 6) is 1.59. The Bertz CT molecular complexity index is 1270. The van der Waals surface area contributed by atoms with Crippen molar-refractivity contribution in [1.29, 1.82) is 0 Å². The fraction of sp³-hybridized carbons (Fsp3) is 0.174. The summed E-state index contributed by atoms with van der Waals surface area (Å²) in [5.41, 5.74) is 2.41. The van der Waals surface area contributed by atoms with Crippen LogP contribution in [0.25, 0.3) is 10.6 Å². The predicted octanol–water partition coefficient (Wildman–Crippen LogP) is 5.29. The van der Waals surface area contributed by atoms with Crippen molar-refractivity contribution < 1.29 is 14.3 Å². The third-order valence-corrected chi connectivity index (χ3v) is 6.28. The Hall–Kier alpha value is -3.36. The molecule has 4 aromatic rings. The van der Waals surface area contributed by atoms with Crippen LogP contribution in [-0.4, -0.2) is 34.9 Å². The van der Waals surface area contributed by atoms with Gasteiger partial charge in [0.25, 0.3) is 5.91 Å². The number of halogens is 1. The molecule has 164 valence electrons. The lowest BCUT2D eigenvalue weighted by atomic mass is 10.2. The summed E-state index contributed by atoms with van der Waals surface area (Å²) in [7, 11) is 3.19. The van der Waals surface area contributed by atoms with Crippen LogP contribution in [0, 0.1) is 6.92 Å². The van der Waals surface area contributed by atoms with Gasteiger partial charge in [0.2, 0.25) is 0 Å². The number of aryl methyl sites for hydroxylation is 1. The Labute approximate surface area is 194 Å². The Morgan fingerprint density at radius 1 is 1.16 bits per heavy atom. The van der Waals surface area contributed by atoms with Gasteiger partial charge in [0.1, 0.15) is 15.7 Å². The summed E-state index contributed by atoms with van der Waals surface area (Å²) in [6.07, 6.45) is 1.64. The fourth-order valence-corrected chi connectivity index (χ4v) is 4.48. The normalized spacial score (nSPS) is 10.8. The fourth-order valence-electron chi connectivity index (χ4n) is 3.33. The predicted molar refractivity (Wildman–Crippen MR) is 126 cm³/mol. The second-order valence-electron chi connectivity index (χ2n) is 6.92. The van der Waals surface area contributed by atoms with Gasteiger partial charge in [-0.3, -0.25) is 4.79 Å². The van der Waals surface area contributed by atoms with Crippen LogP contribution in [0.4, 0.5) is 5.82 Å². The van der Waals surface area contributed by atoms with Crippen molar-refractivity contribution >= 4 is 34.7 Å². The molecule has 32 heavy (non-hydrogen) atoms. The number of rotatable bonds is 7. The number of thiazole rings is 1. The molecular weight excluding hydrogens is 448 g/mol. The van der Waals surface area contributed by atoms with E-state index in [0.29, 0.717) is 39.5 Å². The quantitative estimate of drug-likeness (QED) is 0.399. The number of para-hydroxylation sites is 1. The van der Waals surface area contributed by atoms with Gasteiger partial charge in [-0.1, -0.05) is 35.9 Å². The zero-order chi connectivity index (χ0) is 22.7. The highest BCUT2D eigenvalue weighted by Crippen LogP contribution is 2.32. The van der Waals surface area contributed by atoms with Crippen LogP contribution in [-0.2, 0) is 6.54 Å². The molecule has 0 aliphatic heterocycles. The van der Waals surface area contributed by atoms with E-state index in [-0.39, 0.29) is 5.91 Å². The number of anilines is 1. The van der Waals surface area contributed by atoms with Gasteiger partial charge in [-0.2, -0.15) is 5.10 Å². The number of hydrogen-bond donors (Lipinski definition) is 1. The van der Waals surface area contributed by atoms with Crippen molar-refractivity contribution in [2.75, 3.05) is 19.5 Å². The number of ether oxygens (including phenoxy) is 2. The lowest BCUT2D eigenvalue weighted by Gasteiger charge is -2.14. The SMILES string of the molecule is COc1cccc(Cn2nccc2NC(=O)c2sc(-c3cccc(Cl)c3)nc2C)c1OC. The van der Waals surface area contributed by atoms with Crippen LogP contribution in [0.1, 0.15) is 20.9 Å². The molecule has 2 aromatic heterocycles. The standard InChI is InChI=1S/C23H21ClN4O3S/c1-14-21(32-23(26-14)15-6-4-8-17(24)12-15)22(29)27-19-10-11-25-28(19)13-16-7-5-9-18(30-2)20(16)31-3/h4-12H,13H2,1-3H3,(H,27,29). The van der Waals surface area contributed by atoms with Crippen molar-refractivity contribution in [2.24, 2.45) is 0 Å². The first-order valence-corrected chi connectivity index (χ1v) is 11.0. The van der Waals surface area contributed by atoms with E-state index in [9.17, 15) is 4.79 Å². The number of nitrogens with zero attached hydrogens (tertiary/aromatic N) is 3. The Morgan fingerprint density at radius 2 is 1.97 bits per heavy atom. The smallest absolute Gasteiger partial charge is 0.268 e. The van der Waals surface area contributed by atoms with Gasteiger partial charge in [-0.05, 0) is 25.1 Å². The highest BCUT2D eigenvalue weighted by molar-refractivity contribution is 7.17. The van der Waals surface area contributed by atoms with E-state index in [1.807, 2.05) is 43.3 Å². The third-order valence-electron chi connectivity index (χ3n) is 4.84. The summed E-state index contributed by atoms with van der Waals surface area (Å²) >= 11 is 7.42. The minimum Gasteiger partial charge on any atom is -0.493 e. The van der Waals surface area contributed by atoms with Crippen LogP contribution in [0.3, 0.4) is 0 Å². The van der Waals surface area contributed by atoms with Crippen molar-refractivity contribution in [3.05, 3.63) is 75.9 Å². The topological polar surface area (TPSA) is 78.3 Å². The van der Waals surface area contributed by atoms with E-state index < -0.39 is 0 Å². The van der Waals surface area contributed by atoms with Gasteiger partial charge in [-0.25, -0.2) is 9.67 Å². The number of amides is 1. The molecule has 9 heteroatoms. The zero-order valence-electron chi connectivity index (χ0n) is 17.8. The van der Waals surface area contributed by atoms with E-state index in [1.165, 1.54) is 11.3 Å². The molecule has 0 radical (unpaired) electrons. The average Bonchev–Trinajstić information content (AvgIpc) is 3.39. The molecule has 1 amide bonds. The Morgan fingerprint density at radius 3 is 2.72 bits per heavy atom. The first-order chi connectivity index (χ1) is 15.5. The van der Waals surface area contributed by atoms with Crippen molar-refractivity contribution in [3.63, 3.8) is 0 Å². The molecule has 2 heterocycles. The van der Waals surface area contributed by atoms with Crippen LogP contribution in [0.15, 0.2) is 54.7 Å². The molecule has 0 atom stereocenters. The number of carbonyl (C=O) groups is 1. The molecule has 0 bridgehead atoms. The molecule has 0 aliphatic rings. The molecule has 7 nitrogen and oxygen atoms in total. The van der Waals surface area contributed by atoms with E-state index in [4.69, 9.17) is 21.1 Å². The molecule has 1 N–H and O–H groups in total. The molecule has 0 fully saturated rings. The second-order valence-corrected chi connectivity index (χ2v) is 8.36. The van der Waals surface area contributed by atoms with Gasteiger partial charge >= 0.3 is 0 Å². The van der Waals surface area contributed by atoms with Gasteiger partial charge in [0.15, 0.2) is 11.5 Å². The molecule has 0 saturated heterocycles. The van der Waals surface area contributed by atoms with E-state index in [1.54, 1.807) is 37.2 Å². The Kier molecular flexibility index (Phi) is 6.43. The number of methoxy groups -OCH3 is 2. The maximum Gasteiger partial charge on any atom is 0.268 e. The van der Waals surface area contributed by atoms with E-state index in [2.05, 4.69) is 15.4 Å². The van der Waals surface area contributed by atoms with Gasteiger partial charge in [0.05, 0.1) is 32.7 Å². The summed E-state index contributed by atoms with van der Waals surface area (Å²) in [4.78, 5) is 18.1. The summed E-state index contributed by atoms with van der Waals surface area (Å²) in [6.45, 7) is 2.22. The first-order valence-electron chi connectivity index (χ1n) is 9.76. The van der Waals surface area contributed by atoms with E-state index >= 15 is 0 Å². The van der Waals surface area contributed by atoms with Crippen LogP contribution < -0.4 is 14.8 Å². The lowest BCUT2D eigenvalue weighted by molar-refractivity contribution is 0.102. The maximum atomic E-state index is 13.0. The van der Waals surface area contributed by atoms with Crippen LogP contribution in [0.2, 0.25) is 5.02 Å². The number of benzene rings is 2. The zero-order valence-corrected chi connectivity index (χ0v) is 19.3. The summed E-state index contributed by atoms with van der Waals surface area (Å²) in [6, 6.07) is 14.8. The molecule has 0 spiro atoms. The first kappa shape index (κ1) is 21.9. The van der Waals surface area contributed by atoms with Crippen LogP contribution in [0.5, 0.6) is 11.5 Å². The Balaban J connectivity index is 1.56. The number of carbonyl (C=O) groups excluding carboxylic acids is 1. The van der Waals surface area contributed by atoms with E-state index in [0.717, 1.165) is 16.1 Å². The van der Waals surface area contributed by atoms with Crippen molar-refractivity contribution in [2.45, 2.75) is 13.5 Å². The molecule has 4 rings (SSSR count). The van der Waals surface area contributed by atoms with Gasteiger partial charge in [0, 0.05) is 22.2 Å². The number of hydrogen-bond acceptors (Lipinski definition) is 6. The molecule has 0 saturated carbocycles. The van der Waals surface area contributed by atoms with Crippen LogP contribution >= 0.6 is 22.9 Å². The monoisotopic (exact) mass is 468 g/mol. The summed E-state index contributed by atoms with van der Waals surface area (Å²) in [5, 5.41) is 8.66. The van der Waals surface area contributed by atoms with Crippen molar-refractivity contribution in [3.8, 4) is 22.1 Å².